The van der Waals surface area contributed by atoms with E-state index in [9.17, 15) is 40.5 Å². The van der Waals surface area contributed by atoms with E-state index in [4.69, 9.17) is 18.6 Å². The van der Waals surface area contributed by atoms with E-state index in [-0.39, 0.29) is 39.5 Å². The Balaban J connectivity index is 1.71. The average molecular weight is 478 g/mol. The topological polar surface area (TPSA) is 200 Å². The first kappa shape index (κ1) is 23.6. The summed E-state index contributed by atoms with van der Waals surface area (Å²) in [4.78, 5) is 12.8. The molecule has 0 bridgehead atoms. The molecule has 1 saturated heterocycles. The van der Waals surface area contributed by atoms with Gasteiger partial charge in [0.1, 0.15) is 46.9 Å². The molecule has 2 aromatic carbocycles. The van der Waals surface area contributed by atoms with Gasteiger partial charge in [-0.2, -0.15) is 0 Å². The lowest BCUT2D eigenvalue weighted by Gasteiger charge is -2.39. The Morgan fingerprint density at radius 1 is 0.971 bits per heavy atom. The summed E-state index contributed by atoms with van der Waals surface area (Å²) >= 11 is 0. The van der Waals surface area contributed by atoms with Gasteiger partial charge >= 0.3 is 0 Å². The van der Waals surface area contributed by atoms with E-state index in [0.717, 1.165) is 18.2 Å². The third kappa shape index (κ3) is 3.97. The van der Waals surface area contributed by atoms with Crippen molar-refractivity contribution in [2.75, 3.05) is 13.7 Å². The Kier molecular flexibility index (Phi) is 6.25. The fraction of sp³-hybridized carbons (Fsp3) is 0.318. The molecule has 3 aromatic rings. The van der Waals surface area contributed by atoms with Crippen LogP contribution in [-0.2, 0) is 4.74 Å². The first-order chi connectivity index (χ1) is 16.2. The van der Waals surface area contributed by atoms with Crippen LogP contribution >= 0.6 is 0 Å². The summed E-state index contributed by atoms with van der Waals surface area (Å²) in [5.74, 6) is -1.88. The Labute approximate surface area is 191 Å². The van der Waals surface area contributed by atoms with Crippen LogP contribution in [-0.4, -0.2) is 80.2 Å². The minimum Gasteiger partial charge on any atom is -0.508 e. The number of benzene rings is 2. The SMILES string of the molecule is COc1c(-c2ccc(O[C@@H]3O[C@H](CO)C(O)C(O)[C@H]3O)c(O)c2)oc2cc(O)cc(O)c2c1=O. The third-order valence-electron chi connectivity index (χ3n) is 5.43. The van der Waals surface area contributed by atoms with Crippen LogP contribution in [0.2, 0.25) is 0 Å². The summed E-state index contributed by atoms with van der Waals surface area (Å²) in [6.07, 6.45) is -7.64. The molecule has 34 heavy (non-hydrogen) atoms. The zero-order valence-electron chi connectivity index (χ0n) is 17.7. The summed E-state index contributed by atoms with van der Waals surface area (Å²) in [6, 6.07) is 5.92. The number of phenols is 3. The van der Waals surface area contributed by atoms with Crippen molar-refractivity contribution in [3.8, 4) is 40.1 Å². The lowest BCUT2D eigenvalue weighted by molar-refractivity contribution is -0.277. The monoisotopic (exact) mass is 478 g/mol. The molecule has 1 aromatic heterocycles. The molecule has 2 unspecified atom stereocenters. The van der Waals surface area contributed by atoms with Gasteiger partial charge in [-0.1, -0.05) is 0 Å². The molecule has 0 spiro atoms. The van der Waals surface area contributed by atoms with Gasteiger partial charge in [-0.15, -0.1) is 0 Å². The van der Waals surface area contributed by atoms with E-state index in [2.05, 4.69) is 0 Å². The van der Waals surface area contributed by atoms with E-state index in [1.54, 1.807) is 0 Å². The predicted octanol–water partition coefficient (Wildman–Crippen LogP) is -0.236. The first-order valence-corrected chi connectivity index (χ1v) is 10.0. The molecule has 182 valence electrons. The second-order valence-corrected chi connectivity index (χ2v) is 7.63. The molecule has 0 amide bonds. The molecule has 5 atom stereocenters. The third-order valence-corrected chi connectivity index (χ3v) is 5.43. The summed E-state index contributed by atoms with van der Waals surface area (Å²) in [5.41, 5.74) is -0.672. The number of phenolic OH excluding ortho intramolecular Hbond substituents is 3. The number of methoxy groups -OCH3 is 1. The van der Waals surface area contributed by atoms with Gasteiger partial charge in [-0.05, 0) is 18.2 Å². The van der Waals surface area contributed by atoms with Crippen molar-refractivity contribution in [1.82, 2.24) is 0 Å². The Bertz CT molecular complexity index is 1270. The van der Waals surface area contributed by atoms with Gasteiger partial charge in [-0.3, -0.25) is 4.79 Å². The molecule has 4 rings (SSSR count). The fourth-order valence-corrected chi connectivity index (χ4v) is 3.69. The van der Waals surface area contributed by atoms with Crippen molar-refractivity contribution in [1.29, 1.82) is 0 Å². The van der Waals surface area contributed by atoms with Crippen molar-refractivity contribution in [2.24, 2.45) is 0 Å². The molecular formula is C22H22O12. The van der Waals surface area contributed by atoms with Gasteiger partial charge < -0.3 is 54.4 Å². The van der Waals surface area contributed by atoms with Gasteiger partial charge in [0.25, 0.3) is 0 Å². The largest absolute Gasteiger partial charge is 0.508 e. The molecule has 1 aliphatic heterocycles. The molecule has 0 saturated carbocycles. The van der Waals surface area contributed by atoms with Crippen LogP contribution in [0.3, 0.4) is 0 Å². The lowest BCUT2D eigenvalue weighted by atomic mass is 9.99. The van der Waals surface area contributed by atoms with E-state index in [0.29, 0.717) is 0 Å². The van der Waals surface area contributed by atoms with Crippen molar-refractivity contribution >= 4 is 11.0 Å². The Morgan fingerprint density at radius 3 is 2.35 bits per heavy atom. The lowest BCUT2D eigenvalue weighted by Crippen LogP contribution is -2.60. The number of aliphatic hydroxyl groups is 4. The molecule has 12 heteroatoms. The summed E-state index contributed by atoms with van der Waals surface area (Å²) in [7, 11) is 1.22. The van der Waals surface area contributed by atoms with Crippen LogP contribution in [0.4, 0.5) is 0 Å². The van der Waals surface area contributed by atoms with Crippen molar-refractivity contribution in [2.45, 2.75) is 30.7 Å². The Hall–Kier alpha value is -3.55. The smallest absolute Gasteiger partial charge is 0.239 e. The number of fused-ring (bicyclic) bond motifs is 1. The number of aliphatic hydroxyl groups excluding tert-OH is 4. The fourth-order valence-electron chi connectivity index (χ4n) is 3.69. The number of aromatic hydroxyl groups is 3. The number of rotatable bonds is 5. The minimum absolute atomic E-state index is 0.111. The molecular weight excluding hydrogens is 456 g/mol. The van der Waals surface area contributed by atoms with Crippen molar-refractivity contribution in [3.63, 3.8) is 0 Å². The predicted molar refractivity (Wildman–Crippen MR) is 114 cm³/mol. The minimum atomic E-state index is -1.68. The second-order valence-electron chi connectivity index (χ2n) is 7.63. The van der Waals surface area contributed by atoms with E-state index >= 15 is 0 Å². The van der Waals surface area contributed by atoms with Crippen LogP contribution in [0.1, 0.15) is 0 Å². The summed E-state index contributed by atoms with van der Waals surface area (Å²) in [6.45, 7) is -0.651. The first-order valence-electron chi connectivity index (χ1n) is 10.0. The maximum atomic E-state index is 12.8. The molecule has 2 heterocycles. The average Bonchev–Trinajstić information content (AvgIpc) is 2.79. The van der Waals surface area contributed by atoms with Gasteiger partial charge in [0, 0.05) is 17.7 Å². The van der Waals surface area contributed by atoms with Gasteiger partial charge in [0.15, 0.2) is 17.3 Å². The summed E-state index contributed by atoms with van der Waals surface area (Å²) in [5, 5.41) is 69.2. The zero-order chi connectivity index (χ0) is 24.7. The van der Waals surface area contributed by atoms with Crippen LogP contribution in [0, 0.1) is 0 Å². The van der Waals surface area contributed by atoms with Crippen LogP contribution in [0.5, 0.6) is 28.7 Å². The highest BCUT2D eigenvalue weighted by Crippen LogP contribution is 2.39. The highest BCUT2D eigenvalue weighted by Gasteiger charge is 2.45. The highest BCUT2D eigenvalue weighted by molar-refractivity contribution is 5.88. The molecule has 1 fully saturated rings. The zero-order valence-corrected chi connectivity index (χ0v) is 17.7. The quantitative estimate of drug-likeness (QED) is 0.254. The molecule has 12 nitrogen and oxygen atoms in total. The van der Waals surface area contributed by atoms with Gasteiger partial charge in [-0.25, -0.2) is 0 Å². The molecule has 0 aliphatic carbocycles. The standard InChI is InChI=1S/C22H22O12/c1-31-21-17(28)15-11(26)5-9(24)6-13(15)32-20(21)8-2-3-12(10(25)4-8)33-22-19(30)18(29)16(27)14(7-23)34-22/h2-6,14,16,18-19,22-27,29-30H,7H2,1H3/t14-,16?,18?,19-,22-/m1/s1. The van der Waals surface area contributed by atoms with Crippen LogP contribution < -0.4 is 14.9 Å². The highest BCUT2D eigenvalue weighted by atomic mass is 16.7. The molecule has 1 aliphatic rings. The van der Waals surface area contributed by atoms with Gasteiger partial charge in [0.2, 0.25) is 17.5 Å². The number of ether oxygens (including phenoxy) is 3. The van der Waals surface area contributed by atoms with E-state index < -0.39 is 54.2 Å². The second kappa shape index (κ2) is 9.00. The van der Waals surface area contributed by atoms with Gasteiger partial charge in [0.05, 0.1) is 13.7 Å². The number of hydrogen-bond donors (Lipinski definition) is 7. The van der Waals surface area contributed by atoms with Crippen LogP contribution in [0.15, 0.2) is 39.5 Å². The van der Waals surface area contributed by atoms with Crippen LogP contribution in [0.25, 0.3) is 22.3 Å². The van der Waals surface area contributed by atoms with Crippen molar-refractivity contribution < 1.29 is 54.4 Å². The normalized spacial score (nSPS) is 24.8. The van der Waals surface area contributed by atoms with E-state index in [1.165, 1.54) is 19.2 Å². The maximum absolute atomic E-state index is 12.8. The number of hydrogen-bond acceptors (Lipinski definition) is 12. The summed E-state index contributed by atoms with van der Waals surface area (Å²) < 4.78 is 21.5. The maximum Gasteiger partial charge on any atom is 0.239 e. The van der Waals surface area contributed by atoms with Crippen molar-refractivity contribution in [3.05, 3.63) is 40.6 Å². The van der Waals surface area contributed by atoms with E-state index in [1.807, 2.05) is 0 Å². The molecule has 0 radical (unpaired) electrons. The molecule has 7 N–H and O–H groups in total. The Morgan fingerprint density at radius 2 is 1.71 bits per heavy atom.